The Kier molecular flexibility index (Phi) is 6.95. The van der Waals surface area contributed by atoms with Gasteiger partial charge in [-0.1, -0.05) is 41.5 Å². The lowest BCUT2D eigenvalue weighted by Crippen LogP contribution is -2.18. The molecule has 8 heteroatoms. The highest BCUT2D eigenvalue weighted by Crippen LogP contribution is 2.39. The maximum absolute atomic E-state index is 13.6. The number of hydrogen-bond acceptors (Lipinski definition) is 2. The molecule has 174 valence electrons. The van der Waals surface area contributed by atoms with E-state index in [0.717, 1.165) is 53.1 Å². The van der Waals surface area contributed by atoms with E-state index in [9.17, 15) is 31.1 Å². The number of halogens is 6. The first-order chi connectivity index (χ1) is 15.3. The Hall–Kier alpha value is -3.16. The summed E-state index contributed by atoms with van der Waals surface area (Å²) in [7, 11) is 0. The number of aromatic nitrogens is 1. The van der Waals surface area contributed by atoms with Crippen LogP contribution in [0.3, 0.4) is 0 Å². The summed E-state index contributed by atoms with van der Waals surface area (Å²) >= 11 is 0. The number of ketones is 1. The normalized spacial score (nSPS) is 13.1. The Labute approximate surface area is 187 Å². The lowest BCUT2D eigenvalue weighted by Gasteiger charge is -2.21. The molecule has 0 aliphatic rings. The predicted molar refractivity (Wildman–Crippen MR) is 112 cm³/mol. The fraction of sp³-hybridized carbons (Fsp3) is 0.280. The topological polar surface area (TPSA) is 30.0 Å². The van der Waals surface area contributed by atoms with Gasteiger partial charge >= 0.3 is 12.4 Å². The number of pyridine rings is 1. The van der Waals surface area contributed by atoms with Gasteiger partial charge in [-0.2, -0.15) is 26.3 Å². The molecular formula is C25H21F6NO. The van der Waals surface area contributed by atoms with Gasteiger partial charge in [-0.25, -0.2) is 0 Å². The van der Waals surface area contributed by atoms with Crippen molar-refractivity contribution in [3.63, 3.8) is 0 Å². The molecule has 2 aromatic carbocycles. The Morgan fingerprint density at radius 1 is 0.879 bits per heavy atom. The highest BCUT2D eigenvalue weighted by atomic mass is 19.4. The molecule has 0 amide bonds. The molecule has 2 nitrogen and oxygen atoms in total. The summed E-state index contributed by atoms with van der Waals surface area (Å²) in [6, 6.07) is 11.4. The van der Waals surface area contributed by atoms with Crippen LogP contribution in [-0.2, 0) is 23.6 Å². The van der Waals surface area contributed by atoms with Crippen molar-refractivity contribution < 1.29 is 31.1 Å². The van der Waals surface area contributed by atoms with Crippen molar-refractivity contribution in [1.82, 2.24) is 4.98 Å². The molecule has 33 heavy (non-hydrogen) atoms. The summed E-state index contributed by atoms with van der Waals surface area (Å²) in [5, 5.41) is 0. The molecule has 0 saturated carbocycles. The molecule has 0 spiro atoms. The van der Waals surface area contributed by atoms with Gasteiger partial charge in [-0.05, 0) is 49.2 Å². The minimum atomic E-state index is -4.73. The number of alkyl halides is 6. The van der Waals surface area contributed by atoms with Crippen LogP contribution in [-0.4, -0.2) is 10.8 Å². The molecular weight excluding hydrogens is 444 g/mol. The molecule has 1 atom stereocenters. The van der Waals surface area contributed by atoms with Crippen molar-refractivity contribution in [3.8, 4) is 0 Å². The second kappa shape index (κ2) is 9.37. The number of Topliss-reactive ketones (excluding diaryl/α,β-unsaturated/α-hetero) is 1. The van der Waals surface area contributed by atoms with Crippen LogP contribution in [0.4, 0.5) is 26.3 Å². The third kappa shape index (κ3) is 6.21. The number of aryl methyl sites for hydroxylation is 2. The minimum absolute atomic E-state index is 0.00611. The molecule has 1 aromatic heterocycles. The Morgan fingerprint density at radius 3 is 2.03 bits per heavy atom. The zero-order valence-corrected chi connectivity index (χ0v) is 17.9. The molecule has 0 unspecified atom stereocenters. The van der Waals surface area contributed by atoms with Crippen molar-refractivity contribution in [2.45, 2.75) is 45.0 Å². The average molecular weight is 465 g/mol. The first-order valence-corrected chi connectivity index (χ1v) is 10.1. The van der Waals surface area contributed by atoms with E-state index >= 15 is 0 Å². The number of rotatable bonds is 6. The van der Waals surface area contributed by atoms with Crippen LogP contribution in [0, 0.1) is 13.8 Å². The summed E-state index contributed by atoms with van der Waals surface area (Å²) in [5.41, 5.74) is 0.431. The number of carbonyl (C=O) groups excluding carboxylic acids is 1. The molecule has 0 N–H and O–H groups in total. The van der Waals surface area contributed by atoms with Gasteiger partial charge in [-0.3, -0.25) is 9.78 Å². The first kappa shape index (κ1) is 24.5. The third-order valence-electron chi connectivity index (χ3n) is 5.23. The van der Waals surface area contributed by atoms with Crippen molar-refractivity contribution in [1.29, 1.82) is 0 Å². The van der Waals surface area contributed by atoms with Gasteiger partial charge in [0.15, 0.2) is 0 Å². The number of hydrogen-bond donors (Lipinski definition) is 0. The quantitative estimate of drug-likeness (QED) is 0.365. The van der Waals surface area contributed by atoms with E-state index in [1.807, 2.05) is 32.0 Å². The summed E-state index contributed by atoms with van der Waals surface area (Å²) in [6.45, 7) is 3.74. The van der Waals surface area contributed by atoms with Crippen LogP contribution in [0.2, 0.25) is 0 Å². The first-order valence-electron chi connectivity index (χ1n) is 10.1. The molecule has 3 rings (SSSR count). The van der Waals surface area contributed by atoms with Gasteiger partial charge in [-0.15, -0.1) is 0 Å². The summed E-state index contributed by atoms with van der Waals surface area (Å²) in [6.07, 6.45) is -8.48. The summed E-state index contributed by atoms with van der Waals surface area (Å²) < 4.78 is 79.8. The van der Waals surface area contributed by atoms with Crippen LogP contribution in [0.15, 0.2) is 60.8 Å². The van der Waals surface area contributed by atoms with Crippen molar-refractivity contribution in [3.05, 3.63) is 99.9 Å². The standard InChI is InChI=1S/C25H21F6NO/c1-15-10-16(2)12-17(11-15)13-20(33)14-21(18-5-7-19(8-6-18)24(26,27)28)23-22(25(29,30)31)4-3-9-32-23/h3-12,21H,13-14H2,1-2H3/t21-/m0/s1. The lowest BCUT2D eigenvalue weighted by atomic mass is 9.86. The Bertz CT molecular complexity index is 1110. The SMILES string of the molecule is Cc1cc(C)cc(CC(=O)C[C@@H](c2ccc(C(F)(F)F)cc2)c2ncccc2C(F)(F)F)c1. The molecule has 0 aliphatic heterocycles. The monoisotopic (exact) mass is 465 g/mol. The van der Waals surface area contributed by atoms with Crippen LogP contribution < -0.4 is 0 Å². The fourth-order valence-corrected chi connectivity index (χ4v) is 3.91. The van der Waals surface area contributed by atoms with E-state index in [2.05, 4.69) is 4.98 Å². The Morgan fingerprint density at radius 2 is 1.48 bits per heavy atom. The van der Waals surface area contributed by atoms with E-state index in [0.29, 0.717) is 0 Å². The van der Waals surface area contributed by atoms with Crippen LogP contribution in [0.25, 0.3) is 0 Å². The molecule has 0 bridgehead atoms. The smallest absolute Gasteiger partial charge is 0.299 e. The summed E-state index contributed by atoms with van der Waals surface area (Å²) in [5.74, 6) is -1.49. The highest BCUT2D eigenvalue weighted by molar-refractivity contribution is 5.82. The van der Waals surface area contributed by atoms with Gasteiger partial charge in [0.25, 0.3) is 0 Å². The second-order valence-corrected chi connectivity index (χ2v) is 8.02. The maximum atomic E-state index is 13.6. The van der Waals surface area contributed by atoms with E-state index in [-0.39, 0.29) is 24.2 Å². The number of benzene rings is 2. The molecule has 0 aliphatic carbocycles. The van der Waals surface area contributed by atoms with Crippen molar-refractivity contribution >= 4 is 5.78 Å². The van der Waals surface area contributed by atoms with Gasteiger partial charge in [0.1, 0.15) is 5.78 Å². The number of nitrogens with zero attached hydrogens (tertiary/aromatic N) is 1. The van der Waals surface area contributed by atoms with E-state index in [1.165, 1.54) is 6.20 Å². The van der Waals surface area contributed by atoms with Gasteiger partial charge in [0.2, 0.25) is 0 Å². The average Bonchev–Trinajstić information content (AvgIpc) is 2.70. The van der Waals surface area contributed by atoms with Crippen molar-refractivity contribution in [2.24, 2.45) is 0 Å². The molecule has 1 heterocycles. The molecule has 0 saturated heterocycles. The Balaban J connectivity index is 2.00. The fourth-order valence-electron chi connectivity index (χ4n) is 3.91. The van der Waals surface area contributed by atoms with Gasteiger partial charge in [0, 0.05) is 25.0 Å². The van der Waals surface area contributed by atoms with Gasteiger partial charge < -0.3 is 0 Å². The predicted octanol–water partition coefficient (Wildman–Crippen LogP) is 7.07. The van der Waals surface area contributed by atoms with Gasteiger partial charge in [0.05, 0.1) is 16.8 Å². The van der Waals surface area contributed by atoms with Crippen molar-refractivity contribution in [2.75, 3.05) is 0 Å². The number of carbonyl (C=O) groups is 1. The molecule has 0 fully saturated rings. The largest absolute Gasteiger partial charge is 0.418 e. The van der Waals surface area contributed by atoms with E-state index in [1.54, 1.807) is 0 Å². The molecule has 0 radical (unpaired) electrons. The maximum Gasteiger partial charge on any atom is 0.418 e. The lowest BCUT2D eigenvalue weighted by molar-refractivity contribution is -0.139. The second-order valence-electron chi connectivity index (χ2n) is 8.02. The zero-order chi connectivity index (χ0) is 24.4. The van der Waals surface area contributed by atoms with Crippen LogP contribution in [0.1, 0.15) is 51.4 Å². The van der Waals surface area contributed by atoms with Crippen LogP contribution >= 0.6 is 0 Å². The van der Waals surface area contributed by atoms with Crippen LogP contribution in [0.5, 0.6) is 0 Å². The molecule has 3 aromatic rings. The van der Waals surface area contributed by atoms with E-state index in [4.69, 9.17) is 0 Å². The highest BCUT2D eigenvalue weighted by Gasteiger charge is 2.37. The zero-order valence-electron chi connectivity index (χ0n) is 17.9. The summed E-state index contributed by atoms with van der Waals surface area (Å²) in [4.78, 5) is 16.8. The van der Waals surface area contributed by atoms with E-state index < -0.39 is 35.1 Å². The third-order valence-corrected chi connectivity index (χ3v) is 5.23. The minimum Gasteiger partial charge on any atom is -0.299 e.